The molecule has 0 unspecified atom stereocenters. The lowest BCUT2D eigenvalue weighted by Gasteiger charge is -2.04. The van der Waals surface area contributed by atoms with Crippen molar-refractivity contribution < 1.29 is 9.59 Å². The van der Waals surface area contributed by atoms with Crippen LogP contribution in [0.4, 0.5) is 4.79 Å². The molecule has 0 saturated carbocycles. The van der Waals surface area contributed by atoms with E-state index in [1.807, 2.05) is 11.4 Å². The van der Waals surface area contributed by atoms with Gasteiger partial charge in [0.2, 0.25) is 5.91 Å². The third-order valence-corrected chi connectivity index (χ3v) is 1.96. The van der Waals surface area contributed by atoms with Gasteiger partial charge in [-0.2, -0.15) is 5.26 Å². The maximum atomic E-state index is 11.0. The van der Waals surface area contributed by atoms with E-state index in [4.69, 9.17) is 11.0 Å². The average molecular weight is 232 g/mol. The summed E-state index contributed by atoms with van der Waals surface area (Å²) < 4.78 is 0. The maximum Gasteiger partial charge on any atom is 0.318 e. The molecule has 0 aromatic heterocycles. The van der Waals surface area contributed by atoms with Gasteiger partial charge in [-0.3, -0.25) is 10.1 Å². The molecule has 0 atom stereocenters. The van der Waals surface area contributed by atoms with Crippen molar-refractivity contribution in [1.29, 1.82) is 5.26 Å². The van der Waals surface area contributed by atoms with Gasteiger partial charge in [0.15, 0.2) is 0 Å². The number of hydrogen-bond donors (Lipinski definition) is 3. The Morgan fingerprint density at radius 2 is 1.94 bits per heavy atom. The second kappa shape index (κ2) is 6.25. The molecule has 0 spiro atoms. The van der Waals surface area contributed by atoms with Gasteiger partial charge in [0.25, 0.3) is 0 Å². The number of carbonyl (C=O) groups is 2. The Balaban J connectivity index is 2.33. The summed E-state index contributed by atoms with van der Waals surface area (Å²) in [5, 5.41) is 13.4. The lowest BCUT2D eigenvalue weighted by Crippen LogP contribution is -2.40. The lowest BCUT2D eigenvalue weighted by molar-refractivity contribution is -0.119. The van der Waals surface area contributed by atoms with Gasteiger partial charge in [0.1, 0.15) is 0 Å². The van der Waals surface area contributed by atoms with Gasteiger partial charge >= 0.3 is 6.03 Å². The van der Waals surface area contributed by atoms with Gasteiger partial charge in [-0.25, -0.2) is 4.79 Å². The lowest BCUT2D eigenvalue weighted by atomic mass is 10.1. The summed E-state index contributed by atoms with van der Waals surface area (Å²) >= 11 is 0. The first-order valence-corrected chi connectivity index (χ1v) is 4.91. The van der Waals surface area contributed by atoms with Crippen molar-refractivity contribution in [3.05, 3.63) is 35.4 Å². The Labute approximate surface area is 98.4 Å². The first-order chi connectivity index (χ1) is 8.11. The molecule has 0 aliphatic carbocycles. The number of amides is 3. The highest BCUT2D eigenvalue weighted by atomic mass is 16.2. The molecule has 0 aliphatic heterocycles. The van der Waals surface area contributed by atoms with Crippen LogP contribution in [0.3, 0.4) is 0 Å². The molecular formula is C11H12N4O2. The van der Waals surface area contributed by atoms with Crippen molar-refractivity contribution >= 4 is 11.9 Å². The minimum absolute atomic E-state index is 0.00292. The van der Waals surface area contributed by atoms with Crippen LogP contribution < -0.4 is 16.4 Å². The van der Waals surface area contributed by atoms with E-state index < -0.39 is 11.9 Å². The van der Waals surface area contributed by atoms with E-state index in [9.17, 15) is 9.59 Å². The molecule has 1 aromatic carbocycles. The first-order valence-electron chi connectivity index (χ1n) is 4.91. The molecule has 17 heavy (non-hydrogen) atoms. The van der Waals surface area contributed by atoms with Crippen molar-refractivity contribution in [3.8, 4) is 6.07 Å². The first kappa shape index (κ1) is 12.7. The maximum absolute atomic E-state index is 11.0. The number of nitrogens with two attached hydrogens (primary N) is 1. The van der Waals surface area contributed by atoms with Crippen LogP contribution in [0.15, 0.2) is 24.3 Å². The molecule has 0 bridgehead atoms. The second-order valence-electron chi connectivity index (χ2n) is 3.32. The van der Waals surface area contributed by atoms with Gasteiger partial charge in [-0.15, -0.1) is 0 Å². The number of imide groups is 1. The number of carbonyl (C=O) groups excluding carboxylic acids is 2. The topological polar surface area (TPSA) is 108 Å². The predicted molar refractivity (Wildman–Crippen MR) is 60.6 cm³/mol. The van der Waals surface area contributed by atoms with Gasteiger partial charge in [0.05, 0.1) is 18.2 Å². The van der Waals surface area contributed by atoms with E-state index in [-0.39, 0.29) is 6.54 Å². The highest BCUT2D eigenvalue weighted by molar-refractivity contribution is 5.94. The SMILES string of the molecule is N#Cc1ccc(CNCC(=O)NC(N)=O)cc1. The Hall–Kier alpha value is -2.39. The zero-order chi connectivity index (χ0) is 12.7. The molecule has 0 radical (unpaired) electrons. The smallest absolute Gasteiger partial charge is 0.318 e. The monoisotopic (exact) mass is 232 g/mol. The highest BCUT2D eigenvalue weighted by Crippen LogP contribution is 2.02. The van der Waals surface area contributed by atoms with Crippen LogP contribution in [0, 0.1) is 11.3 Å². The van der Waals surface area contributed by atoms with Gasteiger partial charge in [-0.05, 0) is 17.7 Å². The number of nitrogens with zero attached hydrogens (tertiary/aromatic N) is 1. The molecule has 1 rings (SSSR count). The van der Waals surface area contributed by atoms with Crippen LogP contribution >= 0.6 is 0 Å². The summed E-state index contributed by atoms with van der Waals surface area (Å²) in [6, 6.07) is 8.12. The average Bonchev–Trinajstić information content (AvgIpc) is 2.29. The van der Waals surface area contributed by atoms with E-state index in [0.717, 1.165) is 5.56 Å². The number of hydrogen-bond acceptors (Lipinski definition) is 4. The van der Waals surface area contributed by atoms with Crippen molar-refractivity contribution in [1.82, 2.24) is 10.6 Å². The van der Waals surface area contributed by atoms with Crippen LogP contribution in [-0.4, -0.2) is 18.5 Å². The fraction of sp³-hybridized carbons (Fsp3) is 0.182. The Morgan fingerprint density at radius 1 is 1.29 bits per heavy atom. The zero-order valence-corrected chi connectivity index (χ0v) is 9.06. The molecular weight excluding hydrogens is 220 g/mol. The molecule has 88 valence electrons. The molecule has 3 amide bonds. The molecule has 0 fully saturated rings. The summed E-state index contributed by atoms with van der Waals surface area (Å²) in [5.74, 6) is -0.480. The third-order valence-electron chi connectivity index (χ3n) is 1.96. The molecule has 0 saturated heterocycles. The summed E-state index contributed by atoms with van der Waals surface area (Å²) in [5.41, 5.74) is 6.30. The largest absolute Gasteiger partial charge is 0.351 e. The molecule has 0 aliphatic rings. The Morgan fingerprint density at radius 3 is 2.47 bits per heavy atom. The van der Waals surface area contributed by atoms with Crippen molar-refractivity contribution in [3.63, 3.8) is 0 Å². The summed E-state index contributed by atoms with van der Waals surface area (Å²) in [6.45, 7) is 0.473. The predicted octanol–water partition coefficient (Wildman–Crippen LogP) is -0.157. The Bertz CT molecular complexity index is 448. The van der Waals surface area contributed by atoms with Gasteiger partial charge < -0.3 is 11.1 Å². The summed E-state index contributed by atoms with van der Waals surface area (Å²) in [6.07, 6.45) is 0. The van der Waals surface area contributed by atoms with E-state index in [1.165, 1.54) is 0 Å². The number of primary amides is 1. The summed E-state index contributed by atoms with van der Waals surface area (Å²) in [7, 11) is 0. The van der Waals surface area contributed by atoms with E-state index in [0.29, 0.717) is 12.1 Å². The fourth-order valence-corrected chi connectivity index (χ4v) is 1.20. The van der Waals surface area contributed by atoms with Crippen molar-refractivity contribution in [2.24, 2.45) is 5.73 Å². The summed E-state index contributed by atoms with van der Waals surface area (Å²) in [4.78, 5) is 21.4. The number of urea groups is 1. The number of nitriles is 1. The zero-order valence-electron chi connectivity index (χ0n) is 9.06. The molecule has 0 heterocycles. The van der Waals surface area contributed by atoms with Crippen LogP contribution in [0.1, 0.15) is 11.1 Å². The minimum Gasteiger partial charge on any atom is -0.351 e. The van der Waals surface area contributed by atoms with Crippen molar-refractivity contribution in [2.75, 3.05) is 6.54 Å². The minimum atomic E-state index is -0.866. The second-order valence-corrected chi connectivity index (χ2v) is 3.32. The molecule has 6 nitrogen and oxygen atoms in total. The Kier molecular flexibility index (Phi) is 4.66. The van der Waals surface area contributed by atoms with Crippen LogP contribution in [0.5, 0.6) is 0 Å². The van der Waals surface area contributed by atoms with E-state index in [2.05, 4.69) is 5.32 Å². The standard InChI is InChI=1S/C11H12N4O2/c12-5-8-1-3-9(4-2-8)6-14-7-10(16)15-11(13)17/h1-4,14H,6-7H2,(H3,13,15,16,17). The molecule has 6 heteroatoms. The quantitative estimate of drug-likeness (QED) is 0.670. The van der Waals surface area contributed by atoms with Crippen LogP contribution in [0.25, 0.3) is 0 Å². The van der Waals surface area contributed by atoms with E-state index in [1.54, 1.807) is 24.3 Å². The fourth-order valence-electron chi connectivity index (χ4n) is 1.20. The number of nitrogens with one attached hydrogen (secondary N) is 2. The van der Waals surface area contributed by atoms with Crippen LogP contribution in [0.2, 0.25) is 0 Å². The van der Waals surface area contributed by atoms with Gasteiger partial charge in [0, 0.05) is 6.54 Å². The van der Waals surface area contributed by atoms with Crippen LogP contribution in [-0.2, 0) is 11.3 Å². The van der Waals surface area contributed by atoms with Gasteiger partial charge in [-0.1, -0.05) is 12.1 Å². The number of rotatable bonds is 4. The number of benzene rings is 1. The normalized spacial score (nSPS) is 9.35. The van der Waals surface area contributed by atoms with E-state index >= 15 is 0 Å². The van der Waals surface area contributed by atoms with Crippen molar-refractivity contribution in [2.45, 2.75) is 6.54 Å². The molecule has 1 aromatic rings. The molecule has 4 N–H and O–H groups in total. The highest BCUT2D eigenvalue weighted by Gasteiger charge is 2.02. The third kappa shape index (κ3) is 4.77.